The Bertz CT molecular complexity index is 141. The van der Waals surface area contributed by atoms with Crippen molar-refractivity contribution in [3.05, 3.63) is 0 Å². The van der Waals surface area contributed by atoms with Crippen LogP contribution in [0.5, 0.6) is 0 Å². The monoisotopic (exact) mass is 140 g/mol. The molecular formula is C7H12N2O. The number of hydrogen-bond donors (Lipinski definition) is 2. The van der Waals surface area contributed by atoms with E-state index in [2.05, 4.69) is 11.4 Å². The van der Waals surface area contributed by atoms with Crippen molar-refractivity contribution >= 4 is 0 Å². The van der Waals surface area contributed by atoms with Gasteiger partial charge in [-0.2, -0.15) is 5.26 Å². The summed E-state index contributed by atoms with van der Waals surface area (Å²) in [7, 11) is 0. The van der Waals surface area contributed by atoms with Gasteiger partial charge in [-0.25, -0.2) is 0 Å². The normalized spacial score (nSPS) is 33.2. The van der Waals surface area contributed by atoms with Crippen LogP contribution in [0.2, 0.25) is 0 Å². The van der Waals surface area contributed by atoms with Crippen molar-refractivity contribution in [2.45, 2.75) is 18.9 Å². The van der Waals surface area contributed by atoms with E-state index in [1.165, 1.54) is 0 Å². The molecule has 56 valence electrons. The Balaban J connectivity index is 2.34. The van der Waals surface area contributed by atoms with Crippen LogP contribution in [-0.2, 0) is 0 Å². The lowest BCUT2D eigenvalue weighted by Gasteiger charge is -2.26. The fraction of sp³-hybridized carbons (Fsp3) is 0.857. The zero-order valence-electron chi connectivity index (χ0n) is 5.88. The van der Waals surface area contributed by atoms with Gasteiger partial charge in [0.15, 0.2) is 0 Å². The maximum absolute atomic E-state index is 9.29. The molecule has 0 aromatic heterocycles. The first-order valence-electron chi connectivity index (χ1n) is 3.60. The second-order valence-electron chi connectivity index (χ2n) is 2.68. The summed E-state index contributed by atoms with van der Waals surface area (Å²) >= 11 is 0. The van der Waals surface area contributed by atoms with Gasteiger partial charge in [0, 0.05) is 18.9 Å². The summed E-state index contributed by atoms with van der Waals surface area (Å²) < 4.78 is 0. The molecule has 0 radical (unpaired) electrons. The SMILES string of the molecule is N#CC[C@H]1CCNC[C@@H]1O. The van der Waals surface area contributed by atoms with E-state index >= 15 is 0 Å². The number of aliphatic hydroxyl groups excluding tert-OH is 1. The Kier molecular flexibility index (Phi) is 2.67. The summed E-state index contributed by atoms with van der Waals surface area (Å²) in [5.74, 6) is 0.200. The highest BCUT2D eigenvalue weighted by molar-refractivity contribution is 4.84. The van der Waals surface area contributed by atoms with E-state index in [4.69, 9.17) is 5.26 Å². The molecule has 3 nitrogen and oxygen atoms in total. The van der Waals surface area contributed by atoms with E-state index in [1.54, 1.807) is 0 Å². The number of aliphatic hydroxyl groups is 1. The average Bonchev–Trinajstić information content (AvgIpc) is 1.94. The predicted octanol–water partition coefficient (Wildman–Crippen LogP) is -0.130. The first kappa shape index (κ1) is 7.52. The molecule has 0 aliphatic carbocycles. The third kappa shape index (κ3) is 1.69. The molecule has 10 heavy (non-hydrogen) atoms. The molecule has 3 heteroatoms. The fourth-order valence-electron chi connectivity index (χ4n) is 1.25. The quantitative estimate of drug-likeness (QED) is 0.533. The molecule has 1 heterocycles. The van der Waals surface area contributed by atoms with E-state index in [0.717, 1.165) is 13.0 Å². The summed E-state index contributed by atoms with van der Waals surface area (Å²) in [5.41, 5.74) is 0. The van der Waals surface area contributed by atoms with E-state index < -0.39 is 0 Å². The van der Waals surface area contributed by atoms with Crippen molar-refractivity contribution in [2.75, 3.05) is 13.1 Å². The van der Waals surface area contributed by atoms with Crippen molar-refractivity contribution < 1.29 is 5.11 Å². The smallest absolute Gasteiger partial charge is 0.0703 e. The number of hydrogen-bond acceptors (Lipinski definition) is 3. The van der Waals surface area contributed by atoms with Crippen molar-refractivity contribution in [3.8, 4) is 6.07 Å². The van der Waals surface area contributed by atoms with E-state index in [1.807, 2.05) is 0 Å². The number of rotatable bonds is 1. The van der Waals surface area contributed by atoms with Gasteiger partial charge in [-0.3, -0.25) is 0 Å². The molecule has 1 fully saturated rings. The first-order chi connectivity index (χ1) is 4.84. The molecule has 0 aromatic rings. The Labute approximate surface area is 60.7 Å². The number of nitrogens with one attached hydrogen (secondary N) is 1. The molecule has 1 saturated heterocycles. The van der Waals surface area contributed by atoms with Crippen LogP contribution >= 0.6 is 0 Å². The van der Waals surface area contributed by atoms with Crippen molar-refractivity contribution in [1.29, 1.82) is 5.26 Å². The average molecular weight is 140 g/mol. The maximum Gasteiger partial charge on any atom is 0.0703 e. The van der Waals surface area contributed by atoms with Gasteiger partial charge in [0.25, 0.3) is 0 Å². The summed E-state index contributed by atoms with van der Waals surface area (Å²) in [6, 6.07) is 2.08. The number of nitriles is 1. The molecule has 1 aliphatic rings. The zero-order valence-corrected chi connectivity index (χ0v) is 5.88. The summed E-state index contributed by atoms with van der Waals surface area (Å²) in [6.07, 6.45) is 1.10. The largest absolute Gasteiger partial charge is 0.391 e. The molecule has 0 aromatic carbocycles. The molecule has 0 unspecified atom stereocenters. The first-order valence-corrected chi connectivity index (χ1v) is 3.60. The van der Waals surface area contributed by atoms with Crippen LogP contribution in [0, 0.1) is 17.2 Å². The minimum absolute atomic E-state index is 0.200. The highest BCUT2D eigenvalue weighted by Crippen LogP contribution is 2.15. The number of piperidine rings is 1. The lowest BCUT2D eigenvalue weighted by atomic mass is 9.93. The van der Waals surface area contributed by atoms with Crippen LogP contribution in [-0.4, -0.2) is 24.3 Å². The number of β-amino-alcohol motifs (C(OH)–C–C–N with tert-alkyl or cyclic N) is 1. The third-order valence-electron chi connectivity index (χ3n) is 1.94. The minimum Gasteiger partial charge on any atom is -0.391 e. The van der Waals surface area contributed by atoms with Crippen molar-refractivity contribution in [1.82, 2.24) is 5.32 Å². The van der Waals surface area contributed by atoms with Crippen LogP contribution < -0.4 is 5.32 Å². The lowest BCUT2D eigenvalue weighted by Crippen LogP contribution is -2.40. The Hall–Kier alpha value is -0.590. The Morgan fingerprint density at radius 1 is 1.70 bits per heavy atom. The lowest BCUT2D eigenvalue weighted by molar-refractivity contribution is 0.0842. The predicted molar refractivity (Wildman–Crippen MR) is 37.2 cm³/mol. The molecule has 1 aliphatic heterocycles. The van der Waals surface area contributed by atoms with E-state index in [-0.39, 0.29) is 12.0 Å². The second kappa shape index (κ2) is 3.55. The Morgan fingerprint density at radius 3 is 3.10 bits per heavy atom. The topological polar surface area (TPSA) is 56.0 Å². The van der Waals surface area contributed by atoms with Crippen LogP contribution in [0.1, 0.15) is 12.8 Å². The van der Waals surface area contributed by atoms with Crippen LogP contribution in [0.4, 0.5) is 0 Å². The molecule has 2 atom stereocenters. The Morgan fingerprint density at radius 2 is 2.50 bits per heavy atom. The second-order valence-corrected chi connectivity index (χ2v) is 2.68. The zero-order chi connectivity index (χ0) is 7.40. The molecular weight excluding hydrogens is 128 g/mol. The molecule has 0 spiro atoms. The molecule has 0 amide bonds. The van der Waals surface area contributed by atoms with Gasteiger partial charge in [0.1, 0.15) is 0 Å². The fourth-order valence-corrected chi connectivity index (χ4v) is 1.25. The van der Waals surface area contributed by atoms with Crippen LogP contribution in [0.25, 0.3) is 0 Å². The van der Waals surface area contributed by atoms with Gasteiger partial charge in [0.2, 0.25) is 0 Å². The van der Waals surface area contributed by atoms with Gasteiger partial charge in [-0.1, -0.05) is 0 Å². The van der Waals surface area contributed by atoms with Crippen molar-refractivity contribution in [2.24, 2.45) is 5.92 Å². The summed E-state index contributed by atoms with van der Waals surface area (Å²) in [4.78, 5) is 0. The summed E-state index contributed by atoms with van der Waals surface area (Å²) in [5, 5.41) is 20.7. The summed E-state index contributed by atoms with van der Waals surface area (Å²) in [6.45, 7) is 1.58. The van der Waals surface area contributed by atoms with Gasteiger partial charge in [-0.15, -0.1) is 0 Å². The van der Waals surface area contributed by atoms with Gasteiger partial charge >= 0.3 is 0 Å². The molecule has 1 rings (SSSR count). The standard InChI is InChI=1S/C7H12N2O/c8-3-1-6-2-4-9-5-7(6)10/h6-7,9-10H,1-2,4-5H2/t6-,7-/m0/s1. The third-order valence-corrected chi connectivity index (χ3v) is 1.94. The van der Waals surface area contributed by atoms with Gasteiger partial charge < -0.3 is 10.4 Å². The van der Waals surface area contributed by atoms with Crippen LogP contribution in [0.3, 0.4) is 0 Å². The van der Waals surface area contributed by atoms with Gasteiger partial charge in [0.05, 0.1) is 12.2 Å². The van der Waals surface area contributed by atoms with Gasteiger partial charge in [-0.05, 0) is 13.0 Å². The molecule has 0 saturated carbocycles. The van der Waals surface area contributed by atoms with Crippen molar-refractivity contribution in [3.63, 3.8) is 0 Å². The molecule has 0 bridgehead atoms. The van der Waals surface area contributed by atoms with E-state index in [0.29, 0.717) is 13.0 Å². The number of nitrogens with zero attached hydrogens (tertiary/aromatic N) is 1. The van der Waals surface area contributed by atoms with Crippen LogP contribution in [0.15, 0.2) is 0 Å². The minimum atomic E-state index is -0.312. The highest BCUT2D eigenvalue weighted by Gasteiger charge is 2.21. The molecule has 2 N–H and O–H groups in total. The van der Waals surface area contributed by atoms with E-state index in [9.17, 15) is 5.11 Å². The highest BCUT2D eigenvalue weighted by atomic mass is 16.3. The maximum atomic E-state index is 9.29.